The van der Waals surface area contributed by atoms with E-state index in [0.717, 1.165) is 5.56 Å². The maximum absolute atomic E-state index is 12.8. The summed E-state index contributed by atoms with van der Waals surface area (Å²) in [7, 11) is 0. The van der Waals surface area contributed by atoms with Crippen LogP contribution < -0.4 is 5.32 Å². The second kappa shape index (κ2) is 6.74. The molecule has 1 aromatic carbocycles. The van der Waals surface area contributed by atoms with Crippen molar-refractivity contribution in [1.82, 2.24) is 10.2 Å². The number of rotatable bonds is 4. The molecular weight excluding hydrogens is 264 g/mol. The van der Waals surface area contributed by atoms with Crippen LogP contribution in [0.4, 0.5) is 0 Å². The molecule has 2 atom stereocenters. The van der Waals surface area contributed by atoms with E-state index >= 15 is 0 Å². The van der Waals surface area contributed by atoms with Crippen LogP contribution in [0.25, 0.3) is 0 Å². The fourth-order valence-corrected chi connectivity index (χ4v) is 2.61. The first-order chi connectivity index (χ1) is 9.99. The lowest BCUT2D eigenvalue weighted by atomic mass is 10.0. The first kappa shape index (κ1) is 15.5. The van der Waals surface area contributed by atoms with Gasteiger partial charge in [0.2, 0.25) is 11.8 Å². The summed E-state index contributed by atoms with van der Waals surface area (Å²) in [4.78, 5) is 26.5. The summed E-state index contributed by atoms with van der Waals surface area (Å²) in [5.74, 6) is 0.369. The van der Waals surface area contributed by atoms with E-state index in [1.54, 1.807) is 0 Å². The molecule has 114 valence electrons. The summed E-state index contributed by atoms with van der Waals surface area (Å²) in [6, 6.07) is 9.51. The highest BCUT2D eigenvalue weighted by molar-refractivity contribution is 5.90. The third kappa shape index (κ3) is 3.84. The number of hydrogen-bond donors (Lipinski definition) is 1. The van der Waals surface area contributed by atoms with E-state index in [1.807, 2.05) is 35.2 Å². The monoisotopic (exact) mass is 288 g/mol. The average Bonchev–Trinajstić information content (AvgIpc) is 2.59. The standard InChI is InChI=1S/C17H24N2O2/c1-12(2)13(3)19-10-9-16(20)18-15(17(19)21)11-14-7-5-4-6-8-14/h4-8,12-13,15H,9-11H2,1-3H3,(H,18,20). The summed E-state index contributed by atoms with van der Waals surface area (Å²) in [5, 5.41) is 2.87. The molecule has 2 amide bonds. The summed E-state index contributed by atoms with van der Waals surface area (Å²) in [6.07, 6.45) is 0.931. The number of benzene rings is 1. The van der Waals surface area contributed by atoms with Crippen LogP contribution >= 0.6 is 0 Å². The molecule has 1 heterocycles. The number of nitrogens with one attached hydrogen (secondary N) is 1. The van der Waals surface area contributed by atoms with Gasteiger partial charge in [0.15, 0.2) is 0 Å². The van der Waals surface area contributed by atoms with Gasteiger partial charge in [0.25, 0.3) is 0 Å². The lowest BCUT2D eigenvalue weighted by molar-refractivity contribution is -0.136. The summed E-state index contributed by atoms with van der Waals surface area (Å²) in [5.41, 5.74) is 1.07. The minimum absolute atomic E-state index is 0.0332. The minimum atomic E-state index is -0.455. The normalized spacial score (nSPS) is 21.1. The second-order valence-electron chi connectivity index (χ2n) is 6.08. The Kier molecular flexibility index (Phi) is 4.99. The Morgan fingerprint density at radius 3 is 2.48 bits per heavy atom. The summed E-state index contributed by atoms with van der Waals surface area (Å²) in [6.45, 7) is 6.77. The fourth-order valence-electron chi connectivity index (χ4n) is 2.61. The highest BCUT2D eigenvalue weighted by Crippen LogP contribution is 2.16. The van der Waals surface area contributed by atoms with Gasteiger partial charge in [0.05, 0.1) is 0 Å². The molecule has 1 fully saturated rings. The molecule has 0 spiro atoms. The van der Waals surface area contributed by atoms with Gasteiger partial charge < -0.3 is 10.2 Å². The number of nitrogens with zero attached hydrogens (tertiary/aromatic N) is 1. The molecule has 4 heteroatoms. The maximum Gasteiger partial charge on any atom is 0.245 e. The number of hydrogen-bond acceptors (Lipinski definition) is 2. The van der Waals surface area contributed by atoms with Gasteiger partial charge in [-0.05, 0) is 18.4 Å². The highest BCUT2D eigenvalue weighted by Gasteiger charge is 2.33. The molecule has 1 saturated heterocycles. The van der Waals surface area contributed by atoms with Crippen LogP contribution in [-0.2, 0) is 16.0 Å². The Morgan fingerprint density at radius 2 is 1.86 bits per heavy atom. The molecule has 0 aliphatic carbocycles. The predicted octanol–water partition coefficient (Wildman–Crippen LogP) is 1.99. The largest absolute Gasteiger partial charge is 0.344 e. The Morgan fingerprint density at radius 1 is 1.19 bits per heavy atom. The van der Waals surface area contributed by atoms with E-state index in [0.29, 0.717) is 25.3 Å². The van der Waals surface area contributed by atoms with Crippen molar-refractivity contribution in [3.63, 3.8) is 0 Å². The Bertz CT molecular complexity index is 499. The van der Waals surface area contributed by atoms with Crippen molar-refractivity contribution in [3.05, 3.63) is 35.9 Å². The number of carbonyl (C=O) groups is 2. The van der Waals surface area contributed by atoms with Crippen molar-refractivity contribution in [2.45, 2.75) is 45.7 Å². The predicted molar refractivity (Wildman–Crippen MR) is 82.7 cm³/mol. The number of amides is 2. The van der Waals surface area contributed by atoms with Crippen LogP contribution in [0, 0.1) is 5.92 Å². The van der Waals surface area contributed by atoms with Crippen molar-refractivity contribution >= 4 is 11.8 Å². The molecule has 2 rings (SSSR count). The lowest BCUT2D eigenvalue weighted by Crippen LogP contribution is -2.49. The van der Waals surface area contributed by atoms with Gasteiger partial charge in [-0.1, -0.05) is 44.2 Å². The van der Waals surface area contributed by atoms with Gasteiger partial charge in [0, 0.05) is 25.4 Å². The van der Waals surface area contributed by atoms with E-state index in [1.165, 1.54) is 0 Å². The molecule has 0 saturated carbocycles. The van der Waals surface area contributed by atoms with Crippen LogP contribution in [0.15, 0.2) is 30.3 Å². The SMILES string of the molecule is CC(C)C(C)N1CCC(=O)NC(Cc2ccccc2)C1=O. The van der Waals surface area contributed by atoms with E-state index < -0.39 is 6.04 Å². The van der Waals surface area contributed by atoms with E-state index in [-0.39, 0.29) is 17.9 Å². The van der Waals surface area contributed by atoms with Crippen molar-refractivity contribution in [2.24, 2.45) is 5.92 Å². The topological polar surface area (TPSA) is 49.4 Å². The molecule has 1 aliphatic heterocycles. The van der Waals surface area contributed by atoms with Gasteiger partial charge in [-0.2, -0.15) is 0 Å². The first-order valence-electron chi connectivity index (χ1n) is 7.63. The summed E-state index contributed by atoms with van der Waals surface area (Å²) >= 11 is 0. The molecule has 21 heavy (non-hydrogen) atoms. The van der Waals surface area contributed by atoms with Crippen LogP contribution in [0.3, 0.4) is 0 Å². The quantitative estimate of drug-likeness (QED) is 0.921. The molecule has 2 unspecified atom stereocenters. The van der Waals surface area contributed by atoms with Crippen LogP contribution in [0.5, 0.6) is 0 Å². The van der Waals surface area contributed by atoms with Crippen LogP contribution in [0.1, 0.15) is 32.8 Å². The third-order valence-corrected chi connectivity index (χ3v) is 4.24. The zero-order valence-corrected chi connectivity index (χ0v) is 13.0. The Labute approximate surface area is 126 Å². The van der Waals surface area contributed by atoms with Gasteiger partial charge in [-0.15, -0.1) is 0 Å². The minimum Gasteiger partial charge on any atom is -0.344 e. The van der Waals surface area contributed by atoms with E-state index in [2.05, 4.69) is 26.1 Å². The first-order valence-corrected chi connectivity index (χ1v) is 7.63. The molecule has 4 nitrogen and oxygen atoms in total. The van der Waals surface area contributed by atoms with Crippen molar-refractivity contribution in [1.29, 1.82) is 0 Å². The Hall–Kier alpha value is -1.84. The van der Waals surface area contributed by atoms with Crippen molar-refractivity contribution in [3.8, 4) is 0 Å². The lowest BCUT2D eigenvalue weighted by Gasteiger charge is -2.32. The molecule has 1 aliphatic rings. The molecule has 1 aromatic rings. The van der Waals surface area contributed by atoms with E-state index in [4.69, 9.17) is 0 Å². The molecule has 1 N–H and O–H groups in total. The Balaban J connectivity index is 2.18. The molecule has 0 aromatic heterocycles. The van der Waals surface area contributed by atoms with Gasteiger partial charge in [-0.3, -0.25) is 9.59 Å². The van der Waals surface area contributed by atoms with Crippen LogP contribution in [0.2, 0.25) is 0 Å². The zero-order chi connectivity index (χ0) is 15.4. The molecule has 0 bridgehead atoms. The van der Waals surface area contributed by atoms with Gasteiger partial charge in [-0.25, -0.2) is 0 Å². The molecular formula is C17H24N2O2. The third-order valence-electron chi connectivity index (χ3n) is 4.24. The van der Waals surface area contributed by atoms with Crippen molar-refractivity contribution < 1.29 is 9.59 Å². The highest BCUT2D eigenvalue weighted by atomic mass is 16.2. The smallest absolute Gasteiger partial charge is 0.245 e. The van der Waals surface area contributed by atoms with E-state index in [9.17, 15) is 9.59 Å². The molecule has 0 radical (unpaired) electrons. The average molecular weight is 288 g/mol. The second-order valence-corrected chi connectivity index (χ2v) is 6.08. The van der Waals surface area contributed by atoms with Gasteiger partial charge in [0.1, 0.15) is 6.04 Å². The zero-order valence-electron chi connectivity index (χ0n) is 13.0. The van der Waals surface area contributed by atoms with Crippen molar-refractivity contribution in [2.75, 3.05) is 6.54 Å². The maximum atomic E-state index is 12.8. The summed E-state index contributed by atoms with van der Waals surface area (Å²) < 4.78 is 0. The fraction of sp³-hybridized carbons (Fsp3) is 0.529. The van der Waals surface area contributed by atoms with Gasteiger partial charge >= 0.3 is 0 Å². The van der Waals surface area contributed by atoms with Crippen LogP contribution in [-0.4, -0.2) is 35.3 Å². The number of carbonyl (C=O) groups excluding carboxylic acids is 2.